The van der Waals surface area contributed by atoms with Crippen LogP contribution >= 0.6 is 0 Å². The highest BCUT2D eigenvalue weighted by atomic mass is 16.1. The molecule has 0 radical (unpaired) electrons. The molecule has 42 heavy (non-hydrogen) atoms. The second-order valence-electron chi connectivity index (χ2n) is 9.81. The highest BCUT2D eigenvalue weighted by Gasteiger charge is 2.22. The summed E-state index contributed by atoms with van der Waals surface area (Å²) in [5.41, 5.74) is 8.12. The minimum absolute atomic E-state index is 0.191. The van der Waals surface area contributed by atoms with Gasteiger partial charge in [0.2, 0.25) is 0 Å². The summed E-state index contributed by atoms with van der Waals surface area (Å²) in [6.45, 7) is 6.52. The molecule has 0 amide bonds. The average Bonchev–Trinajstić information content (AvgIpc) is 3.04. The highest BCUT2D eigenvalue weighted by molar-refractivity contribution is 6.68. The van der Waals surface area contributed by atoms with Crippen LogP contribution in [0.2, 0.25) is 0 Å². The molecule has 4 aromatic carbocycles. The fourth-order valence-corrected chi connectivity index (χ4v) is 5.00. The lowest BCUT2D eigenvalue weighted by atomic mass is 9.86. The van der Waals surface area contributed by atoms with Gasteiger partial charge in [-0.3, -0.25) is 15.6 Å². The second-order valence-corrected chi connectivity index (χ2v) is 9.81. The topological polar surface area (TPSA) is 71.2 Å². The maximum Gasteiger partial charge on any atom is 0.150 e. The summed E-state index contributed by atoms with van der Waals surface area (Å²) < 4.78 is 0. The maximum atomic E-state index is 11.2. The van der Waals surface area contributed by atoms with Crippen LogP contribution in [-0.2, 0) is 0 Å². The molecule has 2 N–H and O–H groups in total. The number of anilines is 4. The third-order valence-corrected chi connectivity index (χ3v) is 7.11. The van der Waals surface area contributed by atoms with E-state index in [1.165, 1.54) is 0 Å². The van der Waals surface area contributed by atoms with E-state index in [1.54, 1.807) is 0 Å². The molecule has 5 heteroatoms. The number of rotatable bonds is 10. The Bertz CT molecular complexity index is 1690. The molecule has 5 rings (SSSR count). The normalized spacial score (nSPS) is 13.0. The van der Waals surface area contributed by atoms with Gasteiger partial charge < -0.3 is 9.80 Å². The van der Waals surface area contributed by atoms with Crippen LogP contribution in [0.25, 0.3) is 11.1 Å². The molecule has 5 nitrogen and oxygen atoms in total. The summed E-state index contributed by atoms with van der Waals surface area (Å²) in [5.74, 6) is 0. The van der Waals surface area contributed by atoms with Crippen molar-refractivity contribution < 1.29 is 4.79 Å². The Morgan fingerprint density at radius 3 is 1.62 bits per heavy atom. The van der Waals surface area contributed by atoms with E-state index in [1.807, 2.05) is 141 Å². The zero-order valence-corrected chi connectivity index (χ0v) is 23.5. The quantitative estimate of drug-likeness (QED) is 0.118. The van der Waals surface area contributed by atoms with Crippen molar-refractivity contribution in [2.45, 2.75) is 6.92 Å². The Morgan fingerprint density at radius 2 is 1.14 bits per heavy atom. The zero-order chi connectivity index (χ0) is 29.5. The molecule has 0 fully saturated rings. The van der Waals surface area contributed by atoms with Gasteiger partial charge >= 0.3 is 0 Å². The SMILES string of the molecule is C=CCN(C=CC)c1ccc(C2=CC=C(c3ccc(N(c4ccccc4)c4ccc(C=O)cc4)cc3)C(=N)C2=N)cc1. The van der Waals surface area contributed by atoms with Crippen LogP contribution in [0.1, 0.15) is 28.4 Å². The van der Waals surface area contributed by atoms with Crippen molar-refractivity contribution in [2.24, 2.45) is 0 Å². The van der Waals surface area contributed by atoms with Gasteiger partial charge in [-0.05, 0) is 78.7 Å². The minimum atomic E-state index is 0.191. The van der Waals surface area contributed by atoms with Crippen molar-refractivity contribution in [3.05, 3.63) is 157 Å². The van der Waals surface area contributed by atoms with E-state index in [2.05, 4.69) is 16.4 Å². The van der Waals surface area contributed by atoms with Crippen LogP contribution in [0.5, 0.6) is 0 Å². The van der Waals surface area contributed by atoms with E-state index < -0.39 is 0 Å². The summed E-state index contributed by atoms with van der Waals surface area (Å²) >= 11 is 0. The van der Waals surface area contributed by atoms with E-state index in [0.717, 1.165) is 45.7 Å². The zero-order valence-electron chi connectivity index (χ0n) is 23.5. The summed E-state index contributed by atoms with van der Waals surface area (Å²) in [7, 11) is 0. The summed E-state index contributed by atoms with van der Waals surface area (Å²) in [4.78, 5) is 15.4. The number of carbonyl (C=O) groups excluding carboxylic acids is 1. The first-order valence-corrected chi connectivity index (χ1v) is 13.8. The summed E-state index contributed by atoms with van der Waals surface area (Å²) in [6.07, 6.45) is 10.6. The molecule has 0 saturated carbocycles. The van der Waals surface area contributed by atoms with Gasteiger partial charge in [0.25, 0.3) is 0 Å². The predicted octanol–water partition coefficient (Wildman–Crippen LogP) is 9.02. The first kappa shape index (κ1) is 28.0. The molecule has 1 aliphatic carbocycles. The smallest absolute Gasteiger partial charge is 0.150 e. The predicted molar refractivity (Wildman–Crippen MR) is 177 cm³/mol. The average molecular weight is 549 g/mol. The number of nitrogens with zero attached hydrogens (tertiary/aromatic N) is 2. The molecule has 0 aliphatic heterocycles. The van der Waals surface area contributed by atoms with Gasteiger partial charge in [0.05, 0.1) is 11.4 Å². The van der Waals surface area contributed by atoms with Crippen LogP contribution in [0.3, 0.4) is 0 Å². The fourth-order valence-electron chi connectivity index (χ4n) is 5.00. The van der Waals surface area contributed by atoms with E-state index >= 15 is 0 Å². The van der Waals surface area contributed by atoms with Gasteiger partial charge in [0, 0.05) is 52.2 Å². The van der Waals surface area contributed by atoms with E-state index in [9.17, 15) is 4.79 Å². The van der Waals surface area contributed by atoms with Crippen molar-refractivity contribution in [2.75, 3.05) is 16.3 Å². The molecule has 4 aromatic rings. The molecular formula is C37H32N4O. The number of benzene rings is 4. The molecule has 206 valence electrons. The number of nitrogens with one attached hydrogen (secondary N) is 2. The Kier molecular flexibility index (Phi) is 8.50. The maximum absolute atomic E-state index is 11.2. The summed E-state index contributed by atoms with van der Waals surface area (Å²) in [6, 6.07) is 33.6. The number of hydrogen-bond donors (Lipinski definition) is 2. The van der Waals surface area contributed by atoms with Gasteiger partial charge in [-0.2, -0.15) is 0 Å². The largest absolute Gasteiger partial charge is 0.345 e. The van der Waals surface area contributed by atoms with Crippen LogP contribution < -0.4 is 9.80 Å². The monoisotopic (exact) mass is 548 g/mol. The molecule has 1 aliphatic rings. The van der Waals surface area contributed by atoms with Crippen molar-refractivity contribution in [1.29, 1.82) is 10.8 Å². The van der Waals surface area contributed by atoms with Crippen LogP contribution in [0.4, 0.5) is 22.7 Å². The molecule has 0 saturated heterocycles. The van der Waals surface area contributed by atoms with Crippen molar-refractivity contribution >= 4 is 51.6 Å². The Balaban J connectivity index is 1.43. The Morgan fingerprint density at radius 1 is 0.667 bits per heavy atom. The van der Waals surface area contributed by atoms with Crippen molar-refractivity contribution in [3.8, 4) is 0 Å². The molecule has 0 aromatic heterocycles. The lowest BCUT2D eigenvalue weighted by Gasteiger charge is -2.26. The standard InChI is InChI=1S/C37H32N4O/c1-3-24-40(25-4-2)30-18-12-28(13-19-30)34-22-23-35(37(39)36(34)38)29-14-20-33(21-15-29)41(31-8-6-5-7-9-31)32-16-10-27(26-42)11-17-32/h3-23,25-26,38-39H,1,24H2,2H3. The Labute approximate surface area is 247 Å². The van der Waals surface area contributed by atoms with Crippen LogP contribution in [0.15, 0.2) is 140 Å². The van der Waals surface area contributed by atoms with Crippen LogP contribution in [-0.4, -0.2) is 24.3 Å². The van der Waals surface area contributed by atoms with E-state index in [-0.39, 0.29) is 11.4 Å². The number of hydrogen-bond acceptors (Lipinski definition) is 5. The van der Waals surface area contributed by atoms with E-state index in [0.29, 0.717) is 17.7 Å². The van der Waals surface area contributed by atoms with Gasteiger partial charge in [-0.25, -0.2) is 0 Å². The molecule has 0 heterocycles. The lowest BCUT2D eigenvalue weighted by molar-refractivity contribution is 0.112. The number of allylic oxidation sites excluding steroid dienone is 5. The molecule has 0 unspecified atom stereocenters. The van der Waals surface area contributed by atoms with Crippen molar-refractivity contribution in [1.82, 2.24) is 0 Å². The van der Waals surface area contributed by atoms with Crippen molar-refractivity contribution in [3.63, 3.8) is 0 Å². The summed E-state index contributed by atoms with van der Waals surface area (Å²) in [5, 5.41) is 17.6. The highest BCUT2D eigenvalue weighted by Crippen LogP contribution is 2.36. The van der Waals surface area contributed by atoms with Gasteiger partial charge in [0.15, 0.2) is 0 Å². The molecule has 0 spiro atoms. The first-order chi connectivity index (χ1) is 20.5. The second kappa shape index (κ2) is 12.7. The third-order valence-electron chi connectivity index (χ3n) is 7.11. The molecule has 0 atom stereocenters. The lowest BCUT2D eigenvalue weighted by Crippen LogP contribution is -2.19. The molecular weight excluding hydrogens is 516 g/mol. The van der Waals surface area contributed by atoms with Gasteiger partial charge in [0.1, 0.15) is 6.29 Å². The van der Waals surface area contributed by atoms with E-state index in [4.69, 9.17) is 10.8 Å². The minimum Gasteiger partial charge on any atom is -0.345 e. The first-order valence-electron chi connectivity index (χ1n) is 13.8. The number of carbonyl (C=O) groups is 1. The fraction of sp³-hybridized carbons (Fsp3) is 0.0541. The number of para-hydroxylation sites is 1. The Hall–Kier alpha value is -5.55. The number of aldehydes is 1. The van der Waals surface area contributed by atoms with Crippen LogP contribution in [0, 0.1) is 10.8 Å². The van der Waals surface area contributed by atoms with Gasteiger partial charge in [-0.15, -0.1) is 6.58 Å². The molecule has 0 bridgehead atoms. The third kappa shape index (κ3) is 5.81. The van der Waals surface area contributed by atoms with Gasteiger partial charge in [-0.1, -0.05) is 66.8 Å².